The van der Waals surface area contributed by atoms with Crippen molar-refractivity contribution in [2.75, 3.05) is 13.2 Å². The van der Waals surface area contributed by atoms with Crippen molar-refractivity contribution >= 4 is 37.1 Å². The zero-order chi connectivity index (χ0) is 24.7. The Kier molecular flexibility index (Phi) is 10.6. The van der Waals surface area contributed by atoms with Gasteiger partial charge in [-0.05, 0) is 12.8 Å². The Morgan fingerprint density at radius 1 is 1.03 bits per heavy atom. The van der Waals surface area contributed by atoms with E-state index in [1.54, 1.807) is 6.08 Å². The Morgan fingerprint density at radius 2 is 1.59 bits per heavy atom. The van der Waals surface area contributed by atoms with Crippen LogP contribution in [0, 0.1) is 0 Å². The van der Waals surface area contributed by atoms with Crippen molar-refractivity contribution in [1.29, 1.82) is 0 Å². The summed E-state index contributed by atoms with van der Waals surface area (Å²) in [5.41, 5.74) is 0. The number of ether oxygens (including phenoxy) is 2. The SMILES string of the molecule is C=CCCCO[C@H]1O[C@H](COS(=O)(=O)O)[C@@H](OS(=O)(=O)O)[C@H](OS(=O)(=O)O)[C@H]1NC(C)=O. The normalized spacial score (nSPS) is 27.1. The molecular formula is C13H23NO15S3. The topological polar surface area (TPSA) is 238 Å². The van der Waals surface area contributed by atoms with Crippen LogP contribution in [0.5, 0.6) is 0 Å². The minimum absolute atomic E-state index is 0.0684. The minimum Gasteiger partial charge on any atom is -0.350 e. The maximum Gasteiger partial charge on any atom is 0.397 e. The molecule has 19 heteroatoms. The first-order valence-electron chi connectivity index (χ1n) is 8.60. The van der Waals surface area contributed by atoms with Crippen LogP contribution < -0.4 is 5.32 Å². The molecule has 16 nitrogen and oxygen atoms in total. The molecule has 188 valence electrons. The highest BCUT2D eigenvalue weighted by Crippen LogP contribution is 2.29. The summed E-state index contributed by atoms with van der Waals surface area (Å²) in [5, 5.41) is 2.18. The number of rotatable bonds is 13. The Balaban J connectivity index is 3.42. The fourth-order valence-corrected chi connectivity index (χ4v) is 3.99. The second kappa shape index (κ2) is 11.7. The number of carbonyl (C=O) groups is 1. The smallest absolute Gasteiger partial charge is 0.350 e. The summed E-state index contributed by atoms with van der Waals surface area (Å²) in [7, 11) is -15.8. The van der Waals surface area contributed by atoms with Crippen molar-refractivity contribution in [1.82, 2.24) is 5.32 Å². The van der Waals surface area contributed by atoms with Crippen molar-refractivity contribution in [3.8, 4) is 0 Å². The molecule has 1 saturated heterocycles. The number of hydrogen-bond acceptors (Lipinski definition) is 12. The van der Waals surface area contributed by atoms with Gasteiger partial charge in [-0.15, -0.1) is 6.58 Å². The first-order chi connectivity index (χ1) is 14.5. The lowest BCUT2D eigenvalue weighted by Gasteiger charge is -2.44. The predicted octanol–water partition coefficient (Wildman–Crippen LogP) is -1.61. The lowest BCUT2D eigenvalue weighted by molar-refractivity contribution is -0.260. The zero-order valence-corrected chi connectivity index (χ0v) is 18.9. The van der Waals surface area contributed by atoms with E-state index in [1.165, 1.54) is 0 Å². The minimum atomic E-state index is -5.36. The molecule has 1 aliphatic heterocycles. The van der Waals surface area contributed by atoms with Gasteiger partial charge in [0.25, 0.3) is 0 Å². The summed E-state index contributed by atoms with van der Waals surface area (Å²) in [4.78, 5) is 11.6. The monoisotopic (exact) mass is 529 g/mol. The molecule has 1 heterocycles. The summed E-state index contributed by atoms with van der Waals surface area (Å²) in [6.45, 7) is 3.25. The van der Waals surface area contributed by atoms with E-state index in [0.717, 1.165) is 6.92 Å². The van der Waals surface area contributed by atoms with E-state index in [4.69, 9.17) is 23.1 Å². The lowest BCUT2D eigenvalue weighted by atomic mass is 9.97. The van der Waals surface area contributed by atoms with Gasteiger partial charge in [0, 0.05) is 6.92 Å². The summed E-state index contributed by atoms with van der Waals surface area (Å²) in [6, 6.07) is -1.66. The Morgan fingerprint density at radius 3 is 2.06 bits per heavy atom. The van der Waals surface area contributed by atoms with Gasteiger partial charge >= 0.3 is 31.2 Å². The largest absolute Gasteiger partial charge is 0.397 e. The van der Waals surface area contributed by atoms with Gasteiger partial charge in [-0.25, -0.2) is 12.5 Å². The highest BCUT2D eigenvalue weighted by atomic mass is 32.3. The third kappa shape index (κ3) is 11.0. The van der Waals surface area contributed by atoms with Crippen LogP contribution in [0.4, 0.5) is 0 Å². The third-order valence-corrected chi connectivity index (χ3v) is 5.06. The number of allylic oxidation sites excluding steroid dienone is 1. The van der Waals surface area contributed by atoms with Crippen LogP contribution in [0.25, 0.3) is 0 Å². The molecule has 4 N–H and O–H groups in total. The van der Waals surface area contributed by atoms with Gasteiger partial charge in [-0.2, -0.15) is 25.3 Å². The van der Waals surface area contributed by atoms with Gasteiger partial charge in [0.1, 0.15) is 24.4 Å². The molecule has 0 aromatic heterocycles. The van der Waals surface area contributed by atoms with Gasteiger partial charge < -0.3 is 14.8 Å². The van der Waals surface area contributed by atoms with E-state index < -0.39 is 74.4 Å². The molecule has 0 bridgehead atoms. The van der Waals surface area contributed by atoms with E-state index in [9.17, 15) is 30.0 Å². The molecule has 1 aliphatic rings. The average molecular weight is 530 g/mol. The fourth-order valence-electron chi connectivity index (χ4n) is 2.66. The number of nitrogens with one attached hydrogen (secondary N) is 1. The highest BCUT2D eigenvalue weighted by Gasteiger charge is 2.52. The number of amides is 1. The molecular weight excluding hydrogens is 506 g/mol. The van der Waals surface area contributed by atoms with Crippen LogP contribution >= 0.6 is 0 Å². The maximum absolute atomic E-state index is 11.6. The van der Waals surface area contributed by atoms with Crippen LogP contribution in [-0.2, 0) is 58.0 Å². The van der Waals surface area contributed by atoms with E-state index in [2.05, 4.69) is 24.4 Å². The summed E-state index contributed by atoms with van der Waals surface area (Å²) < 4.78 is 118. The first-order valence-corrected chi connectivity index (χ1v) is 12.7. The molecule has 0 spiro atoms. The second-order valence-electron chi connectivity index (χ2n) is 6.26. The van der Waals surface area contributed by atoms with Crippen molar-refractivity contribution in [3.05, 3.63) is 12.7 Å². The third-order valence-electron chi connectivity index (χ3n) is 3.70. The molecule has 0 radical (unpaired) electrons. The standard InChI is InChI=1S/C13H23NO15S3/c1-3-4-5-6-25-13-10(14-8(2)15)12(29-32(22,23)24)11(28-31(19,20)21)9(27-13)7-26-30(16,17)18/h3,9-13H,1,4-7H2,2H3,(H,14,15)(H,16,17,18)(H,19,20,21)(H,22,23,24)/t9-,10-,11-,12-,13+/m1/s1. The first kappa shape index (κ1) is 28.8. The molecule has 0 unspecified atom stereocenters. The number of hydrogen-bond donors (Lipinski definition) is 4. The summed E-state index contributed by atoms with van der Waals surface area (Å²) >= 11 is 0. The van der Waals surface area contributed by atoms with E-state index in [-0.39, 0.29) is 6.61 Å². The average Bonchev–Trinajstić information content (AvgIpc) is 2.58. The van der Waals surface area contributed by atoms with Crippen LogP contribution in [0.15, 0.2) is 12.7 Å². The predicted molar refractivity (Wildman–Crippen MR) is 102 cm³/mol. The molecule has 1 fully saturated rings. The molecule has 5 atom stereocenters. The van der Waals surface area contributed by atoms with Gasteiger partial charge in [-0.1, -0.05) is 6.08 Å². The molecule has 0 saturated carbocycles. The molecule has 0 aliphatic carbocycles. The lowest BCUT2D eigenvalue weighted by Crippen LogP contribution is -2.66. The summed E-state index contributed by atoms with van der Waals surface area (Å²) in [5.74, 6) is -0.805. The number of carbonyl (C=O) groups excluding carboxylic acids is 1. The number of unbranched alkanes of at least 4 members (excludes halogenated alkanes) is 1. The van der Waals surface area contributed by atoms with Crippen molar-refractivity contribution in [2.24, 2.45) is 0 Å². The van der Waals surface area contributed by atoms with Gasteiger partial charge in [0.05, 0.1) is 13.2 Å². The van der Waals surface area contributed by atoms with Crippen molar-refractivity contribution in [2.45, 2.75) is 50.4 Å². The van der Waals surface area contributed by atoms with E-state index >= 15 is 0 Å². The Labute approximate surface area is 184 Å². The van der Waals surface area contributed by atoms with Crippen LogP contribution in [0.1, 0.15) is 19.8 Å². The van der Waals surface area contributed by atoms with Crippen molar-refractivity contribution < 1.29 is 65.7 Å². The van der Waals surface area contributed by atoms with Gasteiger partial charge in [-0.3, -0.25) is 18.5 Å². The molecule has 1 rings (SSSR count). The Hall–Kier alpha value is -1.26. The molecule has 1 amide bonds. The molecule has 0 aromatic rings. The maximum atomic E-state index is 11.6. The van der Waals surface area contributed by atoms with Crippen molar-refractivity contribution in [3.63, 3.8) is 0 Å². The van der Waals surface area contributed by atoms with Gasteiger partial charge in [0.15, 0.2) is 6.29 Å². The van der Waals surface area contributed by atoms with E-state index in [1.807, 2.05) is 0 Å². The highest BCUT2D eigenvalue weighted by molar-refractivity contribution is 7.81. The molecule has 32 heavy (non-hydrogen) atoms. The van der Waals surface area contributed by atoms with Crippen LogP contribution in [-0.4, -0.2) is 88.7 Å². The quantitative estimate of drug-likeness (QED) is 0.119. The Bertz CT molecular complexity index is 961. The van der Waals surface area contributed by atoms with E-state index in [0.29, 0.717) is 12.8 Å². The molecule has 0 aromatic carbocycles. The fraction of sp³-hybridized carbons (Fsp3) is 0.769. The second-order valence-corrected chi connectivity index (χ2v) is 9.45. The van der Waals surface area contributed by atoms with Crippen LogP contribution in [0.3, 0.4) is 0 Å². The van der Waals surface area contributed by atoms with Crippen LogP contribution in [0.2, 0.25) is 0 Å². The van der Waals surface area contributed by atoms with Gasteiger partial charge in [0.2, 0.25) is 5.91 Å². The zero-order valence-electron chi connectivity index (χ0n) is 16.5. The summed E-state index contributed by atoms with van der Waals surface area (Å²) in [6.07, 6.45) is -5.47.